The highest BCUT2D eigenvalue weighted by atomic mass is 32.2. The number of nitriles is 1. The number of hydrogen-bond donors (Lipinski definition) is 2. The van der Waals surface area contributed by atoms with E-state index in [0.29, 0.717) is 12.1 Å². The van der Waals surface area contributed by atoms with Gasteiger partial charge in [0.1, 0.15) is 11.1 Å². The van der Waals surface area contributed by atoms with E-state index in [4.69, 9.17) is 5.26 Å². The van der Waals surface area contributed by atoms with Gasteiger partial charge in [-0.05, 0) is 50.3 Å². The Balaban J connectivity index is 0.00000127. The summed E-state index contributed by atoms with van der Waals surface area (Å²) in [5.74, 6) is 0. The van der Waals surface area contributed by atoms with Gasteiger partial charge in [0.05, 0.1) is 11.3 Å². The zero-order valence-electron chi connectivity index (χ0n) is 14.5. The third kappa shape index (κ3) is 5.38. The molecule has 5 nitrogen and oxygen atoms in total. The first kappa shape index (κ1) is 19.2. The Morgan fingerprint density at radius 3 is 2.65 bits per heavy atom. The standard InChI is InChI=1S/C15H19N5S.C2H6/c1-10-14(11(2)20-19-10)4-5-17-8-12-6-13(7-16)15(21-3)18-9-12;1-2/h6,9,17H,4-5,8H2,1-3H3,(H,19,20);1-2H3. The summed E-state index contributed by atoms with van der Waals surface area (Å²) in [6.45, 7) is 9.64. The van der Waals surface area contributed by atoms with Crippen LogP contribution < -0.4 is 5.32 Å². The first-order valence-electron chi connectivity index (χ1n) is 7.80. The fraction of sp³-hybridized carbons (Fsp3) is 0.471. The molecule has 0 fully saturated rings. The largest absolute Gasteiger partial charge is 0.312 e. The molecule has 6 heteroatoms. The Morgan fingerprint density at radius 1 is 1.35 bits per heavy atom. The quantitative estimate of drug-likeness (QED) is 0.627. The molecule has 0 aliphatic carbocycles. The van der Waals surface area contributed by atoms with Crippen molar-refractivity contribution in [3.63, 3.8) is 0 Å². The predicted molar refractivity (Wildman–Crippen MR) is 95.6 cm³/mol. The van der Waals surface area contributed by atoms with Crippen LogP contribution in [-0.2, 0) is 13.0 Å². The molecule has 0 amide bonds. The minimum absolute atomic E-state index is 0.642. The highest BCUT2D eigenvalue weighted by Crippen LogP contribution is 2.17. The molecule has 0 unspecified atom stereocenters. The molecule has 2 aromatic heterocycles. The van der Waals surface area contributed by atoms with E-state index in [1.165, 1.54) is 17.3 Å². The molecular weight excluding hydrogens is 306 g/mol. The number of aromatic nitrogens is 3. The molecule has 0 radical (unpaired) electrons. The second kappa shape index (κ2) is 10.0. The van der Waals surface area contributed by atoms with E-state index < -0.39 is 0 Å². The lowest BCUT2D eigenvalue weighted by Crippen LogP contribution is -2.17. The molecule has 2 rings (SSSR count). The molecule has 23 heavy (non-hydrogen) atoms. The first-order chi connectivity index (χ1) is 11.2. The predicted octanol–water partition coefficient (Wildman–Crippen LogP) is 3.37. The molecule has 0 atom stereocenters. The van der Waals surface area contributed by atoms with Crippen LogP contribution in [0.15, 0.2) is 17.3 Å². The van der Waals surface area contributed by atoms with E-state index in [2.05, 4.69) is 26.6 Å². The lowest BCUT2D eigenvalue weighted by Gasteiger charge is -2.07. The van der Waals surface area contributed by atoms with Crippen LogP contribution in [-0.4, -0.2) is 28.0 Å². The smallest absolute Gasteiger partial charge is 0.113 e. The van der Waals surface area contributed by atoms with Gasteiger partial charge in [-0.15, -0.1) is 11.8 Å². The summed E-state index contributed by atoms with van der Waals surface area (Å²) in [5.41, 5.74) is 5.14. The normalized spacial score (nSPS) is 9.91. The number of aromatic amines is 1. The first-order valence-corrected chi connectivity index (χ1v) is 9.02. The number of H-pyrrole nitrogens is 1. The van der Waals surface area contributed by atoms with Crippen molar-refractivity contribution < 1.29 is 0 Å². The van der Waals surface area contributed by atoms with Crippen LogP contribution in [0.1, 0.15) is 41.9 Å². The SMILES string of the molecule is CC.CSc1ncc(CNCCc2c(C)n[nH]c2C)cc1C#N. The third-order valence-electron chi connectivity index (χ3n) is 3.38. The maximum absolute atomic E-state index is 9.10. The van der Waals surface area contributed by atoms with Gasteiger partial charge in [-0.3, -0.25) is 5.10 Å². The minimum atomic E-state index is 0.642. The zero-order chi connectivity index (χ0) is 17.2. The number of nitrogens with zero attached hydrogens (tertiary/aromatic N) is 3. The van der Waals surface area contributed by atoms with E-state index in [-0.39, 0.29) is 0 Å². The molecule has 0 saturated heterocycles. The Morgan fingerprint density at radius 2 is 2.09 bits per heavy atom. The van der Waals surface area contributed by atoms with Gasteiger partial charge < -0.3 is 5.32 Å². The topological polar surface area (TPSA) is 77.4 Å². The molecule has 0 bridgehead atoms. The summed E-state index contributed by atoms with van der Waals surface area (Å²) in [7, 11) is 0. The lowest BCUT2D eigenvalue weighted by atomic mass is 10.1. The number of hydrogen-bond acceptors (Lipinski definition) is 5. The molecule has 0 aromatic carbocycles. The Hall–Kier alpha value is -1.84. The van der Waals surface area contributed by atoms with Crippen LogP contribution in [0.25, 0.3) is 0 Å². The van der Waals surface area contributed by atoms with Crippen LogP contribution >= 0.6 is 11.8 Å². The minimum Gasteiger partial charge on any atom is -0.312 e. The van der Waals surface area contributed by atoms with Crippen LogP contribution in [0.4, 0.5) is 0 Å². The van der Waals surface area contributed by atoms with E-state index in [1.54, 1.807) is 0 Å². The molecule has 0 spiro atoms. The monoisotopic (exact) mass is 331 g/mol. The maximum Gasteiger partial charge on any atom is 0.113 e. The van der Waals surface area contributed by atoms with E-state index in [0.717, 1.165) is 34.9 Å². The molecule has 0 saturated carbocycles. The number of nitrogens with one attached hydrogen (secondary N) is 2. The van der Waals surface area contributed by atoms with Gasteiger partial charge in [0, 0.05) is 18.4 Å². The van der Waals surface area contributed by atoms with Crippen molar-refractivity contribution in [3.8, 4) is 6.07 Å². The molecular formula is C17H25N5S. The third-order valence-corrected chi connectivity index (χ3v) is 4.10. The van der Waals surface area contributed by atoms with Crippen molar-refractivity contribution in [2.24, 2.45) is 0 Å². The van der Waals surface area contributed by atoms with Crippen molar-refractivity contribution in [1.29, 1.82) is 5.26 Å². The van der Waals surface area contributed by atoms with Gasteiger partial charge in [-0.1, -0.05) is 13.8 Å². The average molecular weight is 331 g/mol. The summed E-state index contributed by atoms with van der Waals surface area (Å²) >= 11 is 1.49. The van der Waals surface area contributed by atoms with Crippen molar-refractivity contribution in [3.05, 3.63) is 40.3 Å². The fourth-order valence-corrected chi connectivity index (χ4v) is 2.71. The number of thioether (sulfide) groups is 1. The van der Waals surface area contributed by atoms with Crippen molar-refractivity contribution >= 4 is 11.8 Å². The molecule has 0 aliphatic heterocycles. The molecule has 2 N–H and O–H groups in total. The molecule has 0 aliphatic rings. The van der Waals surface area contributed by atoms with Crippen molar-refractivity contribution in [2.75, 3.05) is 12.8 Å². The van der Waals surface area contributed by atoms with Gasteiger partial charge in [0.2, 0.25) is 0 Å². The van der Waals surface area contributed by atoms with Crippen molar-refractivity contribution in [2.45, 2.75) is 45.7 Å². The van der Waals surface area contributed by atoms with Gasteiger partial charge in [0.25, 0.3) is 0 Å². The number of rotatable bonds is 6. The average Bonchev–Trinajstić information content (AvgIpc) is 2.91. The van der Waals surface area contributed by atoms with Crippen LogP contribution in [0.2, 0.25) is 0 Å². The summed E-state index contributed by atoms with van der Waals surface area (Å²) in [6.07, 6.45) is 4.69. The number of pyridine rings is 1. The highest BCUT2D eigenvalue weighted by molar-refractivity contribution is 7.98. The Kier molecular flexibility index (Phi) is 8.38. The lowest BCUT2D eigenvalue weighted by molar-refractivity contribution is 0.681. The molecule has 2 heterocycles. The summed E-state index contributed by atoms with van der Waals surface area (Å²) in [5, 5.41) is 20.5. The van der Waals surface area contributed by atoms with Gasteiger partial charge in [-0.25, -0.2) is 4.98 Å². The van der Waals surface area contributed by atoms with Crippen LogP contribution in [0, 0.1) is 25.2 Å². The van der Waals surface area contributed by atoms with E-state index >= 15 is 0 Å². The van der Waals surface area contributed by atoms with Crippen LogP contribution in [0.3, 0.4) is 0 Å². The fourth-order valence-electron chi connectivity index (χ4n) is 2.22. The second-order valence-corrected chi connectivity index (χ2v) is 5.65. The van der Waals surface area contributed by atoms with Crippen LogP contribution in [0.5, 0.6) is 0 Å². The van der Waals surface area contributed by atoms with E-state index in [9.17, 15) is 0 Å². The highest BCUT2D eigenvalue weighted by Gasteiger charge is 2.06. The van der Waals surface area contributed by atoms with E-state index in [1.807, 2.05) is 46.2 Å². The molecule has 124 valence electrons. The molecule has 2 aromatic rings. The van der Waals surface area contributed by atoms with Crippen molar-refractivity contribution in [1.82, 2.24) is 20.5 Å². The van der Waals surface area contributed by atoms with Gasteiger partial charge in [0.15, 0.2) is 0 Å². The second-order valence-electron chi connectivity index (χ2n) is 4.85. The number of aryl methyl sites for hydroxylation is 2. The maximum atomic E-state index is 9.10. The van der Waals surface area contributed by atoms with Gasteiger partial charge in [-0.2, -0.15) is 10.4 Å². The Bertz CT molecular complexity index is 638. The summed E-state index contributed by atoms with van der Waals surface area (Å²) in [4.78, 5) is 4.31. The Labute approximate surface area is 142 Å². The summed E-state index contributed by atoms with van der Waals surface area (Å²) < 4.78 is 0. The zero-order valence-corrected chi connectivity index (χ0v) is 15.3. The van der Waals surface area contributed by atoms with Gasteiger partial charge >= 0.3 is 0 Å². The summed E-state index contributed by atoms with van der Waals surface area (Å²) in [6, 6.07) is 4.09.